The summed E-state index contributed by atoms with van der Waals surface area (Å²) in [6.07, 6.45) is 0.618. The number of carbonyl (C=O) groups is 1. The van der Waals surface area contributed by atoms with Crippen molar-refractivity contribution in [1.29, 1.82) is 0 Å². The van der Waals surface area contributed by atoms with Crippen LogP contribution in [0.25, 0.3) is 0 Å². The van der Waals surface area contributed by atoms with Gasteiger partial charge in [-0.1, -0.05) is 40.2 Å². The van der Waals surface area contributed by atoms with Gasteiger partial charge in [0.05, 0.1) is 11.8 Å². The summed E-state index contributed by atoms with van der Waals surface area (Å²) >= 11 is 3.40. The van der Waals surface area contributed by atoms with Crippen LogP contribution in [0.5, 0.6) is 0 Å². The van der Waals surface area contributed by atoms with Gasteiger partial charge in [0.25, 0.3) is 0 Å². The highest BCUT2D eigenvalue weighted by Gasteiger charge is 2.31. The molecule has 22 heavy (non-hydrogen) atoms. The molecule has 1 atom stereocenters. The van der Waals surface area contributed by atoms with Gasteiger partial charge in [0.1, 0.15) is 5.82 Å². The molecular weight excluding hydrogens is 347 g/mol. The fourth-order valence-corrected chi connectivity index (χ4v) is 2.83. The van der Waals surface area contributed by atoms with E-state index < -0.39 is 0 Å². The van der Waals surface area contributed by atoms with E-state index in [0.717, 1.165) is 21.3 Å². The highest BCUT2D eigenvalue weighted by atomic mass is 79.9. The van der Waals surface area contributed by atoms with Crippen LogP contribution in [0.2, 0.25) is 0 Å². The van der Waals surface area contributed by atoms with Crippen LogP contribution < -0.4 is 0 Å². The molecule has 112 valence electrons. The molecule has 3 rings (SSSR count). The number of hydrogen-bond acceptors (Lipinski definition) is 2. The molecular formula is C17H14BrFN2O. The zero-order valence-corrected chi connectivity index (χ0v) is 13.5. The molecule has 0 spiro atoms. The van der Waals surface area contributed by atoms with E-state index in [2.05, 4.69) is 21.0 Å². The number of nitrogens with zero attached hydrogens (tertiary/aromatic N) is 2. The molecule has 0 fully saturated rings. The van der Waals surface area contributed by atoms with E-state index in [0.29, 0.717) is 6.42 Å². The molecule has 0 aromatic heterocycles. The second-order valence-corrected chi connectivity index (χ2v) is 6.10. The summed E-state index contributed by atoms with van der Waals surface area (Å²) in [4.78, 5) is 11.9. The Balaban J connectivity index is 1.92. The van der Waals surface area contributed by atoms with E-state index in [9.17, 15) is 9.18 Å². The van der Waals surface area contributed by atoms with Gasteiger partial charge in [0.15, 0.2) is 0 Å². The molecule has 2 aromatic rings. The molecule has 0 radical (unpaired) electrons. The summed E-state index contributed by atoms with van der Waals surface area (Å²) in [5.41, 5.74) is 2.73. The fraction of sp³-hybridized carbons (Fsp3) is 0.176. The average Bonchev–Trinajstić information content (AvgIpc) is 2.94. The molecule has 5 heteroatoms. The summed E-state index contributed by atoms with van der Waals surface area (Å²) < 4.78 is 14.1. The van der Waals surface area contributed by atoms with Crippen molar-refractivity contribution in [2.45, 2.75) is 19.4 Å². The monoisotopic (exact) mass is 360 g/mol. The molecule has 0 aliphatic carbocycles. The maximum Gasteiger partial charge on any atom is 0.240 e. The third-order valence-corrected chi connectivity index (χ3v) is 4.19. The summed E-state index contributed by atoms with van der Waals surface area (Å²) in [7, 11) is 0. The lowest BCUT2D eigenvalue weighted by Gasteiger charge is -2.20. The van der Waals surface area contributed by atoms with Gasteiger partial charge < -0.3 is 0 Å². The van der Waals surface area contributed by atoms with Crippen molar-refractivity contribution in [3.05, 3.63) is 69.9 Å². The summed E-state index contributed by atoms with van der Waals surface area (Å²) in [5, 5.41) is 5.94. The number of rotatable bonds is 2. The van der Waals surface area contributed by atoms with Crippen LogP contribution in [0.1, 0.15) is 30.5 Å². The van der Waals surface area contributed by atoms with E-state index >= 15 is 0 Å². The third-order valence-electron chi connectivity index (χ3n) is 3.67. The lowest BCUT2D eigenvalue weighted by Crippen LogP contribution is -2.24. The van der Waals surface area contributed by atoms with E-state index in [1.54, 1.807) is 12.1 Å². The van der Waals surface area contributed by atoms with E-state index in [1.807, 2.05) is 24.3 Å². The first-order chi connectivity index (χ1) is 10.5. The Kier molecular flexibility index (Phi) is 4.07. The van der Waals surface area contributed by atoms with Crippen LogP contribution in [0.15, 0.2) is 58.1 Å². The third kappa shape index (κ3) is 2.95. The minimum Gasteiger partial charge on any atom is -0.273 e. The standard InChI is InChI=1S/C17H14BrFN2O/c1-11(22)21-17(13-4-8-15(19)9-5-13)10-16(20-21)12-2-6-14(18)7-3-12/h2-9,17H,10H2,1H3. The molecule has 1 heterocycles. The van der Waals surface area contributed by atoms with Gasteiger partial charge in [-0.05, 0) is 35.4 Å². The van der Waals surface area contributed by atoms with Crippen LogP contribution in [0.3, 0.4) is 0 Å². The Labute approximate surface area is 136 Å². The van der Waals surface area contributed by atoms with Crippen molar-refractivity contribution in [2.24, 2.45) is 5.10 Å². The molecule has 1 aliphatic rings. The molecule has 0 N–H and O–H groups in total. The van der Waals surface area contributed by atoms with Gasteiger partial charge in [0, 0.05) is 17.8 Å². The van der Waals surface area contributed by atoms with Gasteiger partial charge in [-0.15, -0.1) is 0 Å². The first-order valence-electron chi connectivity index (χ1n) is 6.93. The summed E-state index contributed by atoms with van der Waals surface area (Å²) in [6.45, 7) is 1.49. The van der Waals surface area contributed by atoms with Crippen LogP contribution in [0, 0.1) is 5.82 Å². The molecule has 0 saturated heterocycles. The molecule has 2 aromatic carbocycles. The van der Waals surface area contributed by atoms with Crippen molar-refractivity contribution in [2.75, 3.05) is 0 Å². The predicted octanol–water partition coefficient (Wildman–Crippen LogP) is 4.29. The number of halogens is 2. The van der Waals surface area contributed by atoms with E-state index in [4.69, 9.17) is 0 Å². The number of benzene rings is 2. The maximum atomic E-state index is 13.1. The average molecular weight is 361 g/mol. The van der Waals surface area contributed by atoms with Gasteiger partial charge in [-0.3, -0.25) is 4.79 Å². The van der Waals surface area contributed by atoms with E-state index in [-0.39, 0.29) is 17.8 Å². The Morgan fingerprint density at radius 2 is 1.82 bits per heavy atom. The van der Waals surface area contributed by atoms with Crippen molar-refractivity contribution in [3.8, 4) is 0 Å². The minimum atomic E-state index is -0.287. The SMILES string of the molecule is CC(=O)N1N=C(c2ccc(Br)cc2)CC1c1ccc(F)cc1. The first kappa shape index (κ1) is 14.9. The summed E-state index contributed by atoms with van der Waals surface area (Å²) in [5.74, 6) is -0.411. The molecule has 1 amide bonds. The van der Waals surface area contributed by atoms with Crippen molar-refractivity contribution in [1.82, 2.24) is 5.01 Å². The van der Waals surface area contributed by atoms with Crippen molar-refractivity contribution < 1.29 is 9.18 Å². The highest BCUT2D eigenvalue weighted by molar-refractivity contribution is 9.10. The Morgan fingerprint density at radius 3 is 2.41 bits per heavy atom. The normalized spacial score (nSPS) is 17.5. The first-order valence-corrected chi connectivity index (χ1v) is 7.72. The number of hydrogen-bond donors (Lipinski definition) is 0. The van der Waals surface area contributed by atoms with E-state index in [1.165, 1.54) is 24.1 Å². The number of carbonyl (C=O) groups excluding carboxylic acids is 1. The van der Waals surface area contributed by atoms with Crippen LogP contribution in [-0.4, -0.2) is 16.6 Å². The van der Waals surface area contributed by atoms with Crippen LogP contribution >= 0.6 is 15.9 Å². The van der Waals surface area contributed by atoms with Gasteiger partial charge in [-0.25, -0.2) is 9.40 Å². The topological polar surface area (TPSA) is 32.7 Å². The molecule has 0 bridgehead atoms. The molecule has 1 aliphatic heterocycles. The predicted molar refractivity (Wildman–Crippen MR) is 87.0 cm³/mol. The molecule has 3 nitrogen and oxygen atoms in total. The molecule has 0 saturated carbocycles. The second kappa shape index (κ2) is 6.01. The fourth-order valence-electron chi connectivity index (χ4n) is 2.56. The maximum absolute atomic E-state index is 13.1. The Hall–Kier alpha value is -2.01. The van der Waals surface area contributed by atoms with Crippen LogP contribution in [-0.2, 0) is 4.79 Å². The quantitative estimate of drug-likeness (QED) is 0.786. The number of amides is 1. The Morgan fingerprint density at radius 1 is 1.18 bits per heavy atom. The summed E-state index contributed by atoms with van der Waals surface area (Å²) in [6, 6.07) is 13.9. The Bertz CT molecular complexity index is 725. The zero-order chi connectivity index (χ0) is 15.7. The van der Waals surface area contributed by atoms with Crippen molar-refractivity contribution in [3.63, 3.8) is 0 Å². The number of hydrazone groups is 1. The zero-order valence-electron chi connectivity index (χ0n) is 12.0. The largest absolute Gasteiger partial charge is 0.273 e. The smallest absolute Gasteiger partial charge is 0.240 e. The molecule has 1 unspecified atom stereocenters. The van der Waals surface area contributed by atoms with Gasteiger partial charge in [0.2, 0.25) is 5.91 Å². The lowest BCUT2D eigenvalue weighted by atomic mass is 9.98. The van der Waals surface area contributed by atoms with Crippen molar-refractivity contribution >= 4 is 27.5 Å². The lowest BCUT2D eigenvalue weighted by molar-refractivity contribution is -0.130. The highest BCUT2D eigenvalue weighted by Crippen LogP contribution is 2.33. The minimum absolute atomic E-state index is 0.124. The van der Waals surface area contributed by atoms with Gasteiger partial charge in [-0.2, -0.15) is 5.10 Å². The second-order valence-electron chi connectivity index (χ2n) is 5.19. The van der Waals surface area contributed by atoms with Crippen LogP contribution in [0.4, 0.5) is 4.39 Å². The van der Waals surface area contributed by atoms with Gasteiger partial charge >= 0.3 is 0 Å².